The molecular weight excluding hydrogens is 587 g/mol. The van der Waals surface area contributed by atoms with Crippen LogP contribution in [0.3, 0.4) is 0 Å². The third-order valence-corrected chi connectivity index (χ3v) is 10.0. The zero-order chi connectivity index (χ0) is 31.5. The van der Waals surface area contributed by atoms with Crippen molar-refractivity contribution in [3.05, 3.63) is 145 Å². The smallest absolute Gasteiger partial charge is 0.165 e. The molecule has 4 aromatic heterocycles. The van der Waals surface area contributed by atoms with Crippen LogP contribution in [0.25, 0.3) is 98.8 Å². The Morgan fingerprint density at radius 2 is 1.15 bits per heavy atom. The predicted octanol–water partition coefficient (Wildman–Crippen LogP) is 10.6. The molecule has 5 heteroatoms. The fourth-order valence-corrected chi connectivity index (χ4v) is 7.97. The van der Waals surface area contributed by atoms with Crippen molar-refractivity contribution in [2.45, 2.75) is 0 Å². The van der Waals surface area contributed by atoms with Crippen molar-refractivity contribution in [2.75, 3.05) is 0 Å². The van der Waals surface area contributed by atoms with Gasteiger partial charge in [0.15, 0.2) is 5.82 Å². The van der Waals surface area contributed by atoms with Gasteiger partial charge in [0.25, 0.3) is 0 Å². The summed E-state index contributed by atoms with van der Waals surface area (Å²) in [5.41, 5.74) is 9.75. The van der Waals surface area contributed by atoms with Crippen LogP contribution in [0.5, 0.6) is 0 Å². The molecule has 0 aliphatic heterocycles. The van der Waals surface area contributed by atoms with Gasteiger partial charge >= 0.3 is 0 Å². The summed E-state index contributed by atoms with van der Waals surface area (Å²) in [5.74, 6) is 0.759. The summed E-state index contributed by atoms with van der Waals surface area (Å²) in [7, 11) is 0. The Morgan fingerprint density at radius 1 is 0.500 bits per heavy atom. The van der Waals surface area contributed by atoms with Crippen LogP contribution in [0.15, 0.2) is 140 Å². The van der Waals surface area contributed by atoms with E-state index in [1.54, 1.807) is 0 Å². The van der Waals surface area contributed by atoms with Crippen molar-refractivity contribution in [2.24, 2.45) is 0 Å². The van der Waals surface area contributed by atoms with Crippen LogP contribution in [-0.2, 0) is 0 Å². The highest BCUT2D eigenvalue weighted by atomic mass is 15.1. The van der Waals surface area contributed by atoms with Gasteiger partial charge in [-0.15, -0.1) is 0 Å². The van der Waals surface area contributed by atoms with Crippen molar-refractivity contribution in [1.82, 2.24) is 18.9 Å². The van der Waals surface area contributed by atoms with Crippen molar-refractivity contribution >= 4 is 81.7 Å². The van der Waals surface area contributed by atoms with E-state index in [1.165, 1.54) is 59.6 Å². The molecule has 0 N–H and O–H groups in total. The minimum absolute atomic E-state index is 0.609. The Hall–Kier alpha value is -6.77. The molecule has 11 rings (SSSR count). The van der Waals surface area contributed by atoms with E-state index in [0.29, 0.717) is 5.56 Å². The van der Waals surface area contributed by atoms with Gasteiger partial charge in [-0.05, 0) is 65.4 Å². The van der Waals surface area contributed by atoms with E-state index in [4.69, 9.17) is 9.97 Å². The lowest BCUT2D eigenvalue weighted by molar-refractivity contribution is 1.08. The maximum Gasteiger partial charge on any atom is 0.165 e. The number of nitriles is 1. The summed E-state index contributed by atoms with van der Waals surface area (Å²) in [6.45, 7) is 0. The molecule has 0 saturated carbocycles. The van der Waals surface area contributed by atoms with E-state index in [1.807, 2.05) is 48.5 Å². The molecule has 7 aromatic carbocycles. The van der Waals surface area contributed by atoms with E-state index in [9.17, 15) is 5.26 Å². The van der Waals surface area contributed by atoms with Crippen LogP contribution in [0.1, 0.15) is 5.56 Å². The number of nitrogens with zero attached hydrogens (tertiary/aromatic N) is 5. The van der Waals surface area contributed by atoms with Gasteiger partial charge in [0, 0.05) is 37.9 Å². The molecular formula is C43H23N5. The Labute approximate surface area is 273 Å². The molecule has 220 valence electrons. The van der Waals surface area contributed by atoms with E-state index in [-0.39, 0.29) is 0 Å². The molecule has 0 aliphatic rings. The average Bonchev–Trinajstić information content (AvgIpc) is 3.77. The molecule has 0 spiro atoms. The molecule has 0 radical (unpaired) electrons. The third kappa shape index (κ3) is 3.23. The van der Waals surface area contributed by atoms with Gasteiger partial charge in [0.1, 0.15) is 5.69 Å². The fraction of sp³-hybridized carbons (Fsp3) is 0. The zero-order valence-corrected chi connectivity index (χ0v) is 25.5. The first kappa shape index (κ1) is 25.4. The minimum atomic E-state index is 0.609. The van der Waals surface area contributed by atoms with E-state index in [2.05, 4.69) is 106 Å². The van der Waals surface area contributed by atoms with Crippen LogP contribution >= 0.6 is 0 Å². The number of hydrogen-bond donors (Lipinski definition) is 0. The molecule has 0 atom stereocenters. The van der Waals surface area contributed by atoms with Gasteiger partial charge in [-0.3, -0.25) is 4.57 Å². The molecule has 0 saturated heterocycles. The number of hydrogen-bond acceptors (Lipinski definition) is 3. The highest BCUT2D eigenvalue weighted by molar-refractivity contribution is 6.36. The van der Waals surface area contributed by atoms with Crippen molar-refractivity contribution in [3.63, 3.8) is 0 Å². The second-order valence-corrected chi connectivity index (χ2v) is 12.5. The maximum absolute atomic E-state index is 9.55. The van der Waals surface area contributed by atoms with Gasteiger partial charge < -0.3 is 4.40 Å². The third-order valence-electron chi connectivity index (χ3n) is 10.0. The lowest BCUT2D eigenvalue weighted by Crippen LogP contribution is -2.03. The summed E-state index contributed by atoms with van der Waals surface area (Å²) >= 11 is 0. The SMILES string of the molecule is N#Cc1ccc(-c2nc3ccccc3nc2-n2c3cc4ccccc4cc3c3c4c5ccccc5n5c6ccccc6c(cc32)c45)cc1. The topological polar surface area (TPSA) is 58.9 Å². The summed E-state index contributed by atoms with van der Waals surface area (Å²) in [6, 6.07) is 51.0. The van der Waals surface area contributed by atoms with E-state index in [0.717, 1.165) is 39.1 Å². The number of fused-ring (bicyclic) bond motifs is 12. The second kappa shape index (κ2) is 9.16. The molecule has 0 unspecified atom stereocenters. The second-order valence-electron chi connectivity index (χ2n) is 12.5. The van der Waals surface area contributed by atoms with Gasteiger partial charge in [-0.25, -0.2) is 9.97 Å². The summed E-state index contributed by atoms with van der Waals surface area (Å²) in [4.78, 5) is 10.6. The average molecular weight is 610 g/mol. The van der Waals surface area contributed by atoms with Crippen molar-refractivity contribution in [1.29, 1.82) is 5.26 Å². The first-order chi connectivity index (χ1) is 23.8. The molecule has 0 fully saturated rings. The van der Waals surface area contributed by atoms with E-state index < -0.39 is 0 Å². The standard InChI is InChI=1S/C43H23N5/c44-24-25-17-19-26(20-18-25)41-43(46-34-14-6-5-13-33(34)45-41)48-37-22-28-10-2-1-9-27(28)21-32(37)39-38(48)23-31-29-11-3-7-15-35(29)47-36-16-8-4-12-30(36)40(39)42(31)47/h1-23H. The van der Waals surface area contributed by atoms with Crippen LogP contribution in [-0.4, -0.2) is 18.9 Å². The quantitative estimate of drug-likeness (QED) is 0.196. The highest BCUT2D eigenvalue weighted by Gasteiger charge is 2.26. The minimum Gasteiger partial charge on any atom is -0.308 e. The first-order valence-electron chi connectivity index (χ1n) is 16.1. The Kier molecular flexibility index (Phi) is 4.85. The maximum atomic E-state index is 9.55. The monoisotopic (exact) mass is 609 g/mol. The summed E-state index contributed by atoms with van der Waals surface area (Å²) < 4.78 is 4.77. The molecule has 11 aromatic rings. The van der Waals surface area contributed by atoms with E-state index >= 15 is 0 Å². The fourth-order valence-electron chi connectivity index (χ4n) is 7.97. The van der Waals surface area contributed by atoms with Crippen molar-refractivity contribution in [3.8, 4) is 23.1 Å². The first-order valence-corrected chi connectivity index (χ1v) is 16.1. The predicted molar refractivity (Wildman–Crippen MR) is 196 cm³/mol. The van der Waals surface area contributed by atoms with Crippen molar-refractivity contribution < 1.29 is 0 Å². The Bertz CT molecular complexity index is 3170. The van der Waals surface area contributed by atoms with Crippen LogP contribution < -0.4 is 0 Å². The molecule has 4 heterocycles. The summed E-state index contributed by atoms with van der Waals surface area (Å²) in [5, 5.41) is 19.2. The lowest BCUT2D eigenvalue weighted by Gasteiger charge is -2.14. The van der Waals surface area contributed by atoms with Crippen LogP contribution in [0.4, 0.5) is 0 Å². The van der Waals surface area contributed by atoms with Gasteiger partial charge in [0.2, 0.25) is 0 Å². The molecule has 0 aliphatic carbocycles. The molecule has 0 bridgehead atoms. The zero-order valence-electron chi connectivity index (χ0n) is 25.5. The number of rotatable bonds is 2. The molecule has 48 heavy (non-hydrogen) atoms. The van der Waals surface area contributed by atoms with Crippen LogP contribution in [0, 0.1) is 11.3 Å². The normalized spacial score (nSPS) is 12.1. The Balaban J connectivity index is 1.41. The largest absolute Gasteiger partial charge is 0.308 e. The van der Waals surface area contributed by atoms with Gasteiger partial charge in [-0.2, -0.15) is 5.26 Å². The summed E-state index contributed by atoms with van der Waals surface area (Å²) in [6.07, 6.45) is 0. The van der Waals surface area contributed by atoms with Crippen LogP contribution in [0.2, 0.25) is 0 Å². The number of aromatic nitrogens is 4. The molecule has 0 amide bonds. The number of para-hydroxylation sites is 4. The van der Waals surface area contributed by atoms with Gasteiger partial charge in [0.05, 0.1) is 50.2 Å². The number of benzene rings is 7. The Morgan fingerprint density at radius 3 is 1.92 bits per heavy atom. The molecule has 5 nitrogen and oxygen atoms in total. The lowest BCUT2D eigenvalue weighted by atomic mass is 10.0. The highest BCUT2D eigenvalue weighted by Crippen LogP contribution is 2.47. The van der Waals surface area contributed by atoms with Gasteiger partial charge in [-0.1, -0.05) is 84.9 Å².